The number of benzene rings is 1. The zero-order valence-electron chi connectivity index (χ0n) is 10.9. The van der Waals surface area contributed by atoms with E-state index in [1.165, 1.54) is 0 Å². The summed E-state index contributed by atoms with van der Waals surface area (Å²) in [5.74, 6) is 0.716. The number of Topliss-reactive ketones (excluding diaryl/α,β-unsaturated/α-hetero) is 1. The van der Waals surface area contributed by atoms with E-state index in [1.54, 1.807) is 0 Å². The molecule has 2 atom stereocenters. The SMILES string of the molecule is CC1CCN(CCC(=O)c2ccccc2)C1CO. The third-order valence-corrected chi connectivity index (χ3v) is 3.91. The van der Waals surface area contributed by atoms with Gasteiger partial charge in [0.1, 0.15) is 0 Å². The molecule has 98 valence electrons. The van der Waals surface area contributed by atoms with Crippen LogP contribution in [0.2, 0.25) is 0 Å². The maximum absolute atomic E-state index is 12.0. The number of carbonyl (C=O) groups is 1. The Morgan fingerprint density at radius 2 is 2.11 bits per heavy atom. The van der Waals surface area contributed by atoms with E-state index < -0.39 is 0 Å². The van der Waals surface area contributed by atoms with Gasteiger partial charge in [-0.1, -0.05) is 37.3 Å². The number of ketones is 1. The van der Waals surface area contributed by atoms with E-state index in [4.69, 9.17) is 0 Å². The molecule has 2 unspecified atom stereocenters. The Bertz CT molecular complexity index is 391. The minimum atomic E-state index is 0.187. The Morgan fingerprint density at radius 3 is 2.78 bits per heavy atom. The molecule has 0 aliphatic carbocycles. The minimum absolute atomic E-state index is 0.187. The van der Waals surface area contributed by atoms with Crippen molar-refractivity contribution in [3.05, 3.63) is 35.9 Å². The van der Waals surface area contributed by atoms with E-state index in [2.05, 4.69) is 11.8 Å². The Hall–Kier alpha value is -1.19. The predicted molar refractivity (Wildman–Crippen MR) is 71.6 cm³/mol. The number of hydrogen-bond acceptors (Lipinski definition) is 3. The second-order valence-electron chi connectivity index (χ2n) is 5.09. The van der Waals surface area contributed by atoms with E-state index >= 15 is 0 Å². The number of nitrogens with zero attached hydrogens (tertiary/aromatic N) is 1. The molecular formula is C15H21NO2. The summed E-state index contributed by atoms with van der Waals surface area (Å²) >= 11 is 0. The maximum atomic E-state index is 12.0. The van der Waals surface area contributed by atoms with E-state index in [-0.39, 0.29) is 18.4 Å². The summed E-state index contributed by atoms with van der Waals surface area (Å²) in [4.78, 5) is 14.2. The molecule has 0 radical (unpaired) electrons. The van der Waals surface area contributed by atoms with Gasteiger partial charge in [-0.3, -0.25) is 9.69 Å². The molecule has 0 amide bonds. The lowest BCUT2D eigenvalue weighted by Crippen LogP contribution is -2.36. The average molecular weight is 247 g/mol. The fraction of sp³-hybridized carbons (Fsp3) is 0.533. The highest BCUT2D eigenvalue weighted by atomic mass is 16.3. The lowest BCUT2D eigenvalue weighted by atomic mass is 10.0. The first kappa shape index (κ1) is 13.2. The third kappa shape index (κ3) is 2.98. The van der Waals surface area contributed by atoms with Crippen molar-refractivity contribution in [3.63, 3.8) is 0 Å². The molecule has 1 fully saturated rings. The molecule has 0 saturated carbocycles. The quantitative estimate of drug-likeness (QED) is 0.809. The first-order valence-corrected chi connectivity index (χ1v) is 6.65. The average Bonchev–Trinajstić information content (AvgIpc) is 2.77. The Labute approximate surface area is 108 Å². The van der Waals surface area contributed by atoms with Crippen molar-refractivity contribution >= 4 is 5.78 Å². The lowest BCUT2D eigenvalue weighted by molar-refractivity contribution is 0.0934. The van der Waals surface area contributed by atoms with Crippen molar-refractivity contribution < 1.29 is 9.90 Å². The van der Waals surface area contributed by atoms with Gasteiger partial charge in [0.15, 0.2) is 5.78 Å². The second-order valence-corrected chi connectivity index (χ2v) is 5.09. The molecule has 3 heteroatoms. The number of carbonyl (C=O) groups excluding carboxylic acids is 1. The minimum Gasteiger partial charge on any atom is -0.395 e. The smallest absolute Gasteiger partial charge is 0.164 e. The molecule has 1 aromatic rings. The standard InChI is InChI=1S/C15H21NO2/c1-12-7-9-16(14(12)11-17)10-8-15(18)13-5-3-2-4-6-13/h2-6,12,14,17H,7-11H2,1H3. The fourth-order valence-corrected chi connectivity index (χ4v) is 2.67. The van der Waals surface area contributed by atoms with Gasteiger partial charge in [-0.2, -0.15) is 0 Å². The van der Waals surface area contributed by atoms with Crippen LogP contribution < -0.4 is 0 Å². The highest BCUT2D eigenvalue weighted by Crippen LogP contribution is 2.23. The van der Waals surface area contributed by atoms with E-state index in [9.17, 15) is 9.90 Å². The number of aliphatic hydroxyl groups excluding tert-OH is 1. The van der Waals surface area contributed by atoms with Gasteiger partial charge >= 0.3 is 0 Å². The van der Waals surface area contributed by atoms with Gasteiger partial charge in [0.05, 0.1) is 6.61 Å². The Kier molecular flexibility index (Phi) is 4.50. The van der Waals surface area contributed by atoms with Crippen LogP contribution in [0.4, 0.5) is 0 Å². The zero-order chi connectivity index (χ0) is 13.0. The molecule has 0 bridgehead atoms. The topological polar surface area (TPSA) is 40.5 Å². The Balaban J connectivity index is 1.87. The molecule has 18 heavy (non-hydrogen) atoms. The maximum Gasteiger partial charge on any atom is 0.164 e. The van der Waals surface area contributed by atoms with Crippen LogP contribution in [0.5, 0.6) is 0 Å². The van der Waals surface area contributed by atoms with E-state index in [0.29, 0.717) is 12.3 Å². The van der Waals surface area contributed by atoms with Crippen LogP contribution >= 0.6 is 0 Å². The lowest BCUT2D eigenvalue weighted by Gasteiger charge is -2.24. The van der Waals surface area contributed by atoms with Crippen LogP contribution in [0.25, 0.3) is 0 Å². The summed E-state index contributed by atoms with van der Waals surface area (Å²) in [5, 5.41) is 9.36. The van der Waals surface area contributed by atoms with Gasteiger partial charge < -0.3 is 5.11 Å². The van der Waals surface area contributed by atoms with Gasteiger partial charge in [0.2, 0.25) is 0 Å². The monoisotopic (exact) mass is 247 g/mol. The summed E-state index contributed by atoms with van der Waals surface area (Å²) in [6.07, 6.45) is 1.65. The van der Waals surface area contributed by atoms with Crippen LogP contribution in [-0.2, 0) is 0 Å². The van der Waals surface area contributed by atoms with Gasteiger partial charge in [0.25, 0.3) is 0 Å². The van der Waals surface area contributed by atoms with Crippen LogP contribution in [0, 0.1) is 5.92 Å². The van der Waals surface area contributed by atoms with Crippen molar-refractivity contribution in [3.8, 4) is 0 Å². The first-order valence-electron chi connectivity index (χ1n) is 6.65. The van der Waals surface area contributed by atoms with Crippen molar-refractivity contribution in [1.82, 2.24) is 4.90 Å². The predicted octanol–water partition coefficient (Wildman–Crippen LogP) is 1.96. The summed E-state index contributed by atoms with van der Waals surface area (Å²) in [5.41, 5.74) is 0.783. The van der Waals surface area contributed by atoms with E-state index in [0.717, 1.165) is 25.1 Å². The first-order chi connectivity index (χ1) is 8.72. The molecule has 1 saturated heterocycles. The van der Waals surface area contributed by atoms with Crippen LogP contribution in [0.15, 0.2) is 30.3 Å². The molecule has 0 aromatic heterocycles. The Morgan fingerprint density at radius 1 is 1.39 bits per heavy atom. The number of likely N-dealkylation sites (tertiary alicyclic amines) is 1. The fourth-order valence-electron chi connectivity index (χ4n) is 2.67. The van der Waals surface area contributed by atoms with Gasteiger partial charge in [-0.05, 0) is 18.9 Å². The number of aliphatic hydroxyl groups is 1. The van der Waals surface area contributed by atoms with Crippen molar-refractivity contribution in [2.45, 2.75) is 25.8 Å². The highest BCUT2D eigenvalue weighted by molar-refractivity contribution is 5.96. The van der Waals surface area contributed by atoms with Crippen LogP contribution in [0.3, 0.4) is 0 Å². The summed E-state index contributed by atoms with van der Waals surface area (Å²) in [6.45, 7) is 4.11. The van der Waals surface area contributed by atoms with Gasteiger partial charge in [0, 0.05) is 24.6 Å². The zero-order valence-corrected chi connectivity index (χ0v) is 10.9. The summed E-state index contributed by atoms with van der Waals surface area (Å²) in [7, 11) is 0. The molecule has 3 nitrogen and oxygen atoms in total. The van der Waals surface area contributed by atoms with E-state index in [1.807, 2.05) is 30.3 Å². The molecule has 2 rings (SSSR count). The summed E-state index contributed by atoms with van der Waals surface area (Å²) < 4.78 is 0. The van der Waals surface area contributed by atoms with Gasteiger partial charge in [-0.25, -0.2) is 0 Å². The van der Waals surface area contributed by atoms with Crippen LogP contribution in [-0.4, -0.2) is 41.5 Å². The van der Waals surface area contributed by atoms with Crippen molar-refractivity contribution in [1.29, 1.82) is 0 Å². The molecule has 1 heterocycles. The molecule has 1 N–H and O–H groups in total. The molecule has 1 aliphatic rings. The van der Waals surface area contributed by atoms with Crippen molar-refractivity contribution in [2.24, 2.45) is 5.92 Å². The second kappa shape index (κ2) is 6.12. The molecule has 1 aliphatic heterocycles. The van der Waals surface area contributed by atoms with Gasteiger partial charge in [-0.15, -0.1) is 0 Å². The van der Waals surface area contributed by atoms with Crippen LogP contribution in [0.1, 0.15) is 30.1 Å². The third-order valence-electron chi connectivity index (χ3n) is 3.91. The molecule has 1 aromatic carbocycles. The number of hydrogen-bond donors (Lipinski definition) is 1. The van der Waals surface area contributed by atoms with Crippen molar-refractivity contribution in [2.75, 3.05) is 19.7 Å². The summed E-state index contributed by atoms with van der Waals surface area (Å²) in [6, 6.07) is 9.65. The molecular weight excluding hydrogens is 226 g/mol. The molecule has 0 spiro atoms. The highest BCUT2D eigenvalue weighted by Gasteiger charge is 2.30. The largest absolute Gasteiger partial charge is 0.395 e. The normalized spacial score (nSPS) is 24.3. The number of rotatable bonds is 5.